The number of rotatable bonds is 12. The molecule has 0 radical (unpaired) electrons. The summed E-state index contributed by atoms with van der Waals surface area (Å²) in [6.07, 6.45) is 1.47. The zero-order chi connectivity index (χ0) is 31.2. The number of aryl methyl sites for hydroxylation is 1. The highest BCUT2D eigenvalue weighted by atomic mass is 16.5. The fourth-order valence-corrected chi connectivity index (χ4v) is 4.13. The summed E-state index contributed by atoms with van der Waals surface area (Å²) in [6, 6.07) is 18.7. The van der Waals surface area contributed by atoms with Gasteiger partial charge >= 0.3 is 12.1 Å². The van der Waals surface area contributed by atoms with Gasteiger partial charge in [0.25, 0.3) is 0 Å². The minimum atomic E-state index is -0.927. The highest BCUT2D eigenvalue weighted by molar-refractivity contribution is 6.03. The van der Waals surface area contributed by atoms with Crippen molar-refractivity contribution in [1.82, 2.24) is 14.5 Å². The van der Waals surface area contributed by atoms with Gasteiger partial charge in [0.05, 0.1) is 30.6 Å². The van der Waals surface area contributed by atoms with E-state index in [1.807, 2.05) is 65.0 Å². The number of nitrogens with two attached hydrogens (primary N) is 1. The summed E-state index contributed by atoms with van der Waals surface area (Å²) in [5.41, 5.74) is 9.84. The van der Waals surface area contributed by atoms with E-state index >= 15 is 0 Å². The first-order valence-corrected chi connectivity index (χ1v) is 13.4. The summed E-state index contributed by atoms with van der Waals surface area (Å²) in [6.45, 7) is 2.61. The molecule has 0 aliphatic carbocycles. The van der Waals surface area contributed by atoms with Gasteiger partial charge in [-0.1, -0.05) is 6.07 Å². The standard InChI is InChI=1S/C29H31N7O5.CH4O/c1-3-40-27(38)13-15-36(25-6-4-5-14-31-25)22-11-12-24-23(18-22)33-26(35(24)2)19-32-21-9-7-20(8-10-21)28(30)34-29(39)41-17-16-37;1-2/h4-12,14,16,18,32H,3,13,15,17,19H2,1-2H3,(H2,30,34,39);2H,1H3. The van der Waals surface area contributed by atoms with Crippen LogP contribution in [0.1, 0.15) is 24.7 Å². The molecule has 2 aromatic heterocycles. The maximum Gasteiger partial charge on any atom is 0.435 e. The van der Waals surface area contributed by atoms with Gasteiger partial charge in [0.1, 0.15) is 24.1 Å². The lowest BCUT2D eigenvalue weighted by Crippen LogP contribution is -2.22. The summed E-state index contributed by atoms with van der Waals surface area (Å²) >= 11 is 0. The number of hydrogen-bond donors (Lipinski definition) is 3. The van der Waals surface area contributed by atoms with E-state index in [0.29, 0.717) is 31.5 Å². The molecule has 0 aliphatic heterocycles. The lowest BCUT2D eigenvalue weighted by Gasteiger charge is -2.23. The van der Waals surface area contributed by atoms with Crippen molar-refractivity contribution in [3.63, 3.8) is 0 Å². The number of ether oxygens (including phenoxy) is 2. The third-order valence-corrected chi connectivity index (χ3v) is 6.16. The third kappa shape index (κ3) is 8.84. The summed E-state index contributed by atoms with van der Waals surface area (Å²) < 4.78 is 11.7. The molecule has 13 nitrogen and oxygen atoms in total. The average molecular weight is 590 g/mol. The van der Waals surface area contributed by atoms with Crippen LogP contribution in [0.25, 0.3) is 11.0 Å². The molecular weight excluding hydrogens is 554 g/mol. The van der Waals surface area contributed by atoms with E-state index in [-0.39, 0.29) is 24.8 Å². The first kappa shape index (κ1) is 32.2. The van der Waals surface area contributed by atoms with Crippen molar-refractivity contribution in [2.45, 2.75) is 19.9 Å². The number of esters is 1. The molecule has 1 amide bonds. The summed E-state index contributed by atoms with van der Waals surface area (Å²) in [4.78, 5) is 48.8. The number of aliphatic hydroxyl groups excluding tert-OH is 1. The van der Waals surface area contributed by atoms with Crippen LogP contribution >= 0.6 is 0 Å². The van der Waals surface area contributed by atoms with Crippen LogP contribution < -0.4 is 16.0 Å². The number of carbonyl (C=O) groups is 3. The van der Waals surface area contributed by atoms with Crippen molar-refractivity contribution in [3.05, 3.63) is 78.2 Å². The van der Waals surface area contributed by atoms with Crippen LogP contribution in [0, 0.1) is 0 Å². The van der Waals surface area contributed by atoms with Crippen molar-refractivity contribution in [2.75, 3.05) is 37.1 Å². The molecule has 0 spiro atoms. The Morgan fingerprint density at radius 2 is 1.88 bits per heavy atom. The van der Waals surface area contributed by atoms with Gasteiger partial charge in [-0.3, -0.25) is 9.59 Å². The lowest BCUT2D eigenvalue weighted by molar-refractivity contribution is -0.142. The minimum Gasteiger partial charge on any atom is -0.466 e. The average Bonchev–Trinajstić information content (AvgIpc) is 3.35. The number of aldehydes is 1. The number of pyridine rings is 1. The highest BCUT2D eigenvalue weighted by Crippen LogP contribution is 2.28. The molecule has 0 saturated heterocycles. The second kappa shape index (κ2) is 16.2. The molecule has 2 heterocycles. The van der Waals surface area contributed by atoms with Crippen molar-refractivity contribution >= 4 is 52.4 Å². The molecule has 2 aromatic carbocycles. The molecule has 0 saturated carbocycles. The molecule has 0 fully saturated rings. The molecule has 0 aliphatic rings. The minimum absolute atomic E-state index is 0.0133. The van der Waals surface area contributed by atoms with Gasteiger partial charge in [-0.15, -0.1) is 0 Å². The zero-order valence-electron chi connectivity index (χ0n) is 24.3. The number of nitrogens with one attached hydrogen (secondary N) is 1. The van der Waals surface area contributed by atoms with Crippen LogP contribution in [0.5, 0.6) is 0 Å². The van der Waals surface area contributed by atoms with E-state index in [4.69, 9.17) is 20.6 Å². The predicted molar refractivity (Wildman–Crippen MR) is 163 cm³/mol. The topological polar surface area (TPSA) is 174 Å². The monoisotopic (exact) mass is 589 g/mol. The molecule has 4 rings (SSSR count). The van der Waals surface area contributed by atoms with Gasteiger partial charge in [0, 0.05) is 43.8 Å². The maximum absolute atomic E-state index is 12.1. The first-order valence-electron chi connectivity index (χ1n) is 13.4. The predicted octanol–water partition coefficient (Wildman–Crippen LogP) is 3.32. The van der Waals surface area contributed by atoms with Gasteiger partial charge < -0.3 is 35.1 Å². The van der Waals surface area contributed by atoms with Gasteiger partial charge in [-0.05, 0) is 61.5 Å². The SMILES string of the molecule is CCOC(=O)CCN(c1ccc2c(c1)nc(CNc1ccc(/C(N)=N\C(=O)OCC=O)cc1)n2C)c1ccccn1.CO. The lowest BCUT2D eigenvalue weighted by atomic mass is 10.2. The molecule has 43 heavy (non-hydrogen) atoms. The fourth-order valence-electron chi connectivity index (χ4n) is 4.13. The number of fused-ring (bicyclic) bond motifs is 1. The van der Waals surface area contributed by atoms with E-state index in [2.05, 4.69) is 20.0 Å². The third-order valence-electron chi connectivity index (χ3n) is 6.16. The van der Waals surface area contributed by atoms with Crippen LogP contribution in [0.3, 0.4) is 0 Å². The number of hydrogen-bond acceptors (Lipinski definition) is 10. The van der Waals surface area contributed by atoms with Crippen LogP contribution in [0.15, 0.2) is 71.9 Å². The second-order valence-electron chi connectivity index (χ2n) is 8.83. The Balaban J connectivity index is 0.00000248. The molecule has 226 valence electrons. The van der Waals surface area contributed by atoms with E-state index < -0.39 is 6.09 Å². The van der Waals surface area contributed by atoms with Crippen molar-refractivity contribution in [2.24, 2.45) is 17.8 Å². The number of aromatic nitrogens is 3. The van der Waals surface area contributed by atoms with Crippen LogP contribution in [0.4, 0.5) is 22.0 Å². The summed E-state index contributed by atoms with van der Waals surface area (Å²) in [5, 5.41) is 10.3. The number of amidine groups is 1. The quantitative estimate of drug-likeness (QED) is 0.0957. The first-order chi connectivity index (χ1) is 20.9. The van der Waals surface area contributed by atoms with E-state index in [9.17, 15) is 14.4 Å². The molecule has 0 atom stereocenters. The maximum atomic E-state index is 12.1. The smallest absolute Gasteiger partial charge is 0.435 e. The summed E-state index contributed by atoms with van der Waals surface area (Å²) in [5.74, 6) is 1.26. The zero-order valence-corrected chi connectivity index (χ0v) is 24.3. The van der Waals surface area contributed by atoms with E-state index in [1.54, 1.807) is 25.3 Å². The Bertz CT molecular complexity index is 1540. The number of aliphatic hydroxyl groups is 1. The summed E-state index contributed by atoms with van der Waals surface area (Å²) in [7, 11) is 2.95. The van der Waals surface area contributed by atoms with Crippen LogP contribution in [0.2, 0.25) is 0 Å². The number of aliphatic imine (C=N–C) groups is 1. The Morgan fingerprint density at radius 1 is 1.12 bits per heavy atom. The molecular formula is C30H35N7O6. The Morgan fingerprint density at radius 3 is 2.56 bits per heavy atom. The Kier molecular flexibility index (Phi) is 12.2. The number of benzene rings is 2. The van der Waals surface area contributed by atoms with Gasteiger partial charge in [-0.25, -0.2) is 14.8 Å². The molecule has 0 unspecified atom stereocenters. The number of nitrogens with zero attached hydrogens (tertiary/aromatic N) is 5. The van der Waals surface area contributed by atoms with E-state index in [1.165, 1.54) is 0 Å². The van der Waals surface area contributed by atoms with Crippen LogP contribution in [-0.2, 0) is 32.7 Å². The molecule has 4 N–H and O–H groups in total. The van der Waals surface area contributed by atoms with Crippen molar-refractivity contribution in [3.8, 4) is 0 Å². The van der Waals surface area contributed by atoms with Gasteiger partial charge in [0.15, 0.2) is 6.29 Å². The van der Waals surface area contributed by atoms with Gasteiger partial charge in [0.2, 0.25) is 0 Å². The van der Waals surface area contributed by atoms with Crippen molar-refractivity contribution < 1.29 is 29.0 Å². The number of amides is 1. The number of carbonyl (C=O) groups excluding carboxylic acids is 3. The molecule has 13 heteroatoms. The van der Waals surface area contributed by atoms with Crippen molar-refractivity contribution in [1.29, 1.82) is 0 Å². The molecule has 4 aromatic rings. The normalized spacial score (nSPS) is 10.8. The largest absolute Gasteiger partial charge is 0.466 e. The van der Waals surface area contributed by atoms with Gasteiger partial charge in [-0.2, -0.15) is 4.99 Å². The second-order valence-corrected chi connectivity index (χ2v) is 8.83. The Hall–Kier alpha value is -5.30. The number of imidazole rings is 1. The van der Waals surface area contributed by atoms with Crippen LogP contribution in [-0.4, -0.2) is 70.7 Å². The highest BCUT2D eigenvalue weighted by Gasteiger charge is 2.16. The fraction of sp³-hybridized carbons (Fsp3) is 0.267. The van der Waals surface area contributed by atoms with E-state index in [0.717, 1.165) is 41.2 Å². The Labute approximate surface area is 249 Å². The number of anilines is 3. The molecule has 0 bridgehead atoms.